The van der Waals surface area contributed by atoms with E-state index in [1.807, 2.05) is 25.6 Å². The maximum Gasteiger partial charge on any atom is 0.358 e. The van der Waals surface area contributed by atoms with Crippen molar-refractivity contribution in [1.82, 2.24) is 4.98 Å². The van der Waals surface area contributed by atoms with Crippen molar-refractivity contribution >= 4 is 34.2 Å². The van der Waals surface area contributed by atoms with Crippen molar-refractivity contribution in [3.05, 3.63) is 10.6 Å². The summed E-state index contributed by atoms with van der Waals surface area (Å²) in [6.07, 6.45) is 0. The van der Waals surface area contributed by atoms with Gasteiger partial charge in [-0.15, -0.1) is 11.3 Å². The summed E-state index contributed by atoms with van der Waals surface area (Å²) in [5.41, 5.74) is 0.473. The Hall–Kier alpha value is -0.750. The number of esters is 1. The molecule has 4 nitrogen and oxygen atoms in total. The number of ether oxygens (including phenoxy) is 1. The maximum atomic E-state index is 11.8. The summed E-state index contributed by atoms with van der Waals surface area (Å²) in [5.74, 6) is -0.310. The van der Waals surface area contributed by atoms with Gasteiger partial charge < -0.3 is 9.64 Å². The molecule has 19 heavy (non-hydrogen) atoms. The molecular weight excluding hydrogens is 280 g/mol. The lowest BCUT2D eigenvalue weighted by atomic mass is 10.3. The highest BCUT2D eigenvalue weighted by atomic mass is 32.2. The molecule has 6 heteroatoms. The van der Waals surface area contributed by atoms with Gasteiger partial charge in [-0.05, 0) is 13.8 Å². The summed E-state index contributed by atoms with van der Waals surface area (Å²) in [6, 6.07) is 0. The normalized spacial score (nSPS) is 23.5. The predicted octanol–water partition coefficient (Wildman–Crippen LogP) is 2.96. The van der Waals surface area contributed by atoms with E-state index in [-0.39, 0.29) is 5.97 Å². The third kappa shape index (κ3) is 3.42. The van der Waals surface area contributed by atoms with E-state index in [1.54, 1.807) is 11.3 Å². The molecule has 0 spiro atoms. The molecule has 1 aliphatic rings. The van der Waals surface area contributed by atoms with Crippen LogP contribution in [0.25, 0.3) is 0 Å². The first-order chi connectivity index (χ1) is 9.01. The summed E-state index contributed by atoms with van der Waals surface area (Å²) in [6.45, 7) is 10.6. The Balaban J connectivity index is 2.17. The minimum absolute atomic E-state index is 0.310. The van der Waals surface area contributed by atoms with Crippen LogP contribution in [-0.2, 0) is 4.74 Å². The van der Waals surface area contributed by atoms with Gasteiger partial charge in [0.25, 0.3) is 0 Å². The molecule has 0 aromatic carbocycles. The lowest BCUT2D eigenvalue weighted by Gasteiger charge is -2.34. The van der Waals surface area contributed by atoms with E-state index in [4.69, 9.17) is 4.74 Å². The van der Waals surface area contributed by atoms with Gasteiger partial charge in [0.1, 0.15) is 0 Å². The zero-order chi connectivity index (χ0) is 14.0. The van der Waals surface area contributed by atoms with Crippen molar-refractivity contribution in [3.8, 4) is 0 Å². The van der Waals surface area contributed by atoms with Crippen LogP contribution < -0.4 is 4.90 Å². The molecule has 106 valence electrons. The largest absolute Gasteiger partial charge is 0.461 e. The topological polar surface area (TPSA) is 42.4 Å². The number of anilines is 1. The summed E-state index contributed by atoms with van der Waals surface area (Å²) in [5, 5.41) is 2.14. The van der Waals surface area contributed by atoms with Crippen molar-refractivity contribution in [3.63, 3.8) is 0 Å². The van der Waals surface area contributed by atoms with Gasteiger partial charge in [-0.2, -0.15) is 11.8 Å². The van der Waals surface area contributed by atoms with Crippen LogP contribution in [0.1, 0.15) is 36.1 Å². The van der Waals surface area contributed by atoms with Gasteiger partial charge in [-0.1, -0.05) is 13.8 Å². The fourth-order valence-electron chi connectivity index (χ4n) is 2.24. The zero-order valence-electron chi connectivity index (χ0n) is 11.8. The number of hydrogen-bond acceptors (Lipinski definition) is 6. The zero-order valence-corrected chi connectivity index (χ0v) is 13.4. The average molecular weight is 300 g/mol. The van der Waals surface area contributed by atoms with Crippen LogP contribution >= 0.6 is 23.1 Å². The second kappa shape index (κ2) is 6.13. The fraction of sp³-hybridized carbons (Fsp3) is 0.692. The van der Waals surface area contributed by atoms with Gasteiger partial charge in [0, 0.05) is 28.5 Å². The monoisotopic (exact) mass is 300 g/mol. The molecular formula is C13H20N2O2S2. The average Bonchev–Trinajstić information content (AvgIpc) is 2.70. The first-order valence-corrected chi connectivity index (χ1v) is 8.32. The molecule has 2 atom stereocenters. The Morgan fingerprint density at radius 1 is 1.42 bits per heavy atom. The highest BCUT2D eigenvalue weighted by Crippen LogP contribution is 2.32. The highest BCUT2D eigenvalue weighted by molar-refractivity contribution is 8.00. The number of thiazole rings is 1. The first-order valence-electron chi connectivity index (χ1n) is 6.56. The molecule has 0 N–H and O–H groups in total. The Morgan fingerprint density at radius 2 is 2.05 bits per heavy atom. The number of carbonyl (C=O) groups excluding carboxylic acids is 1. The molecule has 1 aromatic heterocycles. The molecule has 0 aliphatic carbocycles. The van der Waals surface area contributed by atoms with E-state index in [0.717, 1.165) is 23.1 Å². The SMILES string of the molecule is CCOC(=O)c1nc(N2CC(C)SC(C)C2)sc1C. The minimum atomic E-state index is -0.310. The van der Waals surface area contributed by atoms with Crippen molar-refractivity contribution in [2.45, 2.75) is 38.2 Å². The number of hydrogen-bond donors (Lipinski definition) is 0. The number of aryl methyl sites for hydroxylation is 1. The van der Waals surface area contributed by atoms with Crippen molar-refractivity contribution < 1.29 is 9.53 Å². The molecule has 0 radical (unpaired) electrons. The maximum absolute atomic E-state index is 11.8. The number of nitrogens with zero attached hydrogens (tertiary/aromatic N) is 2. The summed E-state index contributed by atoms with van der Waals surface area (Å²) < 4.78 is 5.03. The third-order valence-corrected chi connectivity index (χ3v) is 5.20. The van der Waals surface area contributed by atoms with Gasteiger partial charge in [0.15, 0.2) is 10.8 Å². The molecule has 1 saturated heterocycles. The standard InChI is InChI=1S/C13H20N2O2S2/c1-5-17-12(16)11-10(4)19-13(14-11)15-6-8(2)18-9(3)7-15/h8-9H,5-7H2,1-4H3. The van der Waals surface area contributed by atoms with E-state index in [2.05, 4.69) is 23.7 Å². The number of rotatable bonds is 3. The van der Waals surface area contributed by atoms with Gasteiger partial charge in [-0.3, -0.25) is 0 Å². The minimum Gasteiger partial charge on any atom is -0.461 e. The second-order valence-electron chi connectivity index (χ2n) is 4.78. The van der Waals surface area contributed by atoms with Crippen LogP contribution in [0.5, 0.6) is 0 Å². The molecule has 0 amide bonds. The Morgan fingerprint density at radius 3 is 2.63 bits per heavy atom. The summed E-state index contributed by atoms with van der Waals surface area (Å²) in [7, 11) is 0. The van der Waals surface area contributed by atoms with Crippen LogP contribution in [0.4, 0.5) is 5.13 Å². The lowest BCUT2D eigenvalue weighted by molar-refractivity contribution is 0.0519. The second-order valence-corrected chi connectivity index (χ2v) is 7.85. The van der Waals surface area contributed by atoms with E-state index < -0.39 is 0 Å². The quantitative estimate of drug-likeness (QED) is 0.803. The van der Waals surface area contributed by atoms with Gasteiger partial charge in [0.2, 0.25) is 0 Å². The van der Waals surface area contributed by atoms with E-state index in [0.29, 0.717) is 22.8 Å². The Labute approximate surface area is 122 Å². The summed E-state index contributed by atoms with van der Waals surface area (Å²) in [4.78, 5) is 19.5. The molecule has 1 aliphatic heterocycles. The Kier molecular flexibility index (Phi) is 4.73. The van der Waals surface area contributed by atoms with Gasteiger partial charge in [0.05, 0.1) is 6.61 Å². The van der Waals surface area contributed by atoms with Crippen molar-refractivity contribution in [2.24, 2.45) is 0 Å². The highest BCUT2D eigenvalue weighted by Gasteiger charge is 2.26. The molecule has 0 bridgehead atoms. The Bertz CT molecular complexity index is 451. The molecule has 2 heterocycles. The smallest absolute Gasteiger partial charge is 0.358 e. The number of carbonyl (C=O) groups is 1. The van der Waals surface area contributed by atoms with Crippen LogP contribution in [0.3, 0.4) is 0 Å². The van der Waals surface area contributed by atoms with Crippen LogP contribution in [-0.4, -0.2) is 41.1 Å². The van der Waals surface area contributed by atoms with E-state index >= 15 is 0 Å². The molecule has 1 aromatic rings. The molecule has 0 saturated carbocycles. The number of thioether (sulfide) groups is 1. The van der Waals surface area contributed by atoms with Gasteiger partial charge in [-0.25, -0.2) is 9.78 Å². The van der Waals surface area contributed by atoms with Crippen LogP contribution in [0.15, 0.2) is 0 Å². The molecule has 2 rings (SSSR count). The molecule has 1 fully saturated rings. The lowest BCUT2D eigenvalue weighted by Crippen LogP contribution is -2.40. The fourth-order valence-corrected chi connectivity index (χ4v) is 4.48. The third-order valence-electron chi connectivity index (χ3n) is 2.94. The predicted molar refractivity (Wildman–Crippen MR) is 81.5 cm³/mol. The van der Waals surface area contributed by atoms with Crippen molar-refractivity contribution in [1.29, 1.82) is 0 Å². The van der Waals surface area contributed by atoms with Crippen molar-refractivity contribution in [2.75, 3.05) is 24.6 Å². The van der Waals surface area contributed by atoms with Crippen LogP contribution in [0.2, 0.25) is 0 Å². The van der Waals surface area contributed by atoms with Gasteiger partial charge >= 0.3 is 5.97 Å². The van der Waals surface area contributed by atoms with E-state index in [1.165, 1.54) is 0 Å². The first kappa shape index (κ1) is 14.7. The number of aromatic nitrogens is 1. The molecule has 2 unspecified atom stereocenters. The van der Waals surface area contributed by atoms with E-state index in [9.17, 15) is 4.79 Å². The summed E-state index contributed by atoms with van der Waals surface area (Å²) >= 11 is 3.59. The van der Waals surface area contributed by atoms with Crippen LogP contribution in [0, 0.1) is 6.92 Å².